The van der Waals surface area contributed by atoms with E-state index in [1.807, 2.05) is 62.4 Å². The molecule has 0 spiro atoms. The third kappa shape index (κ3) is 7.37. The predicted molar refractivity (Wildman–Crippen MR) is 169 cm³/mol. The molecule has 1 saturated heterocycles. The topological polar surface area (TPSA) is 123 Å². The van der Waals surface area contributed by atoms with E-state index in [1.54, 1.807) is 42.5 Å². The van der Waals surface area contributed by atoms with Crippen molar-refractivity contribution in [2.24, 2.45) is 0 Å². The van der Waals surface area contributed by atoms with Gasteiger partial charge in [0, 0.05) is 5.69 Å². The van der Waals surface area contributed by atoms with E-state index in [2.05, 4.69) is 10.6 Å². The Kier molecular flexibility index (Phi) is 9.23. The zero-order valence-electron chi connectivity index (χ0n) is 25.0. The number of nitrogens with one attached hydrogen (secondary N) is 2. The molecule has 0 atom stereocenters. The fourth-order valence-corrected chi connectivity index (χ4v) is 4.58. The van der Waals surface area contributed by atoms with Crippen molar-refractivity contribution >= 4 is 41.2 Å². The maximum atomic E-state index is 13.4. The molecule has 228 valence electrons. The van der Waals surface area contributed by atoms with Gasteiger partial charge in [0.2, 0.25) is 0 Å². The minimum Gasteiger partial charge on any atom is -0.493 e. The fourth-order valence-electron chi connectivity index (χ4n) is 4.58. The number of hydrogen-bond acceptors (Lipinski definition) is 7. The first-order valence-corrected chi connectivity index (χ1v) is 14.1. The van der Waals surface area contributed by atoms with Crippen molar-refractivity contribution in [1.82, 2.24) is 5.32 Å². The standard InChI is InChI=1S/C35H31N3O7/c1-22-9-10-23(2)29(17-22)36-32(39)21-45-30-16-11-25(19-31(30)43-3)18-28-33(40)37-35(42)38(34(28)41)26-12-14-27(15-13-26)44-20-24-7-5-4-6-8-24/h4-19H,20-21H2,1-3H3,(H,36,39)(H,37,40,42)/b28-18-. The normalized spacial score (nSPS) is 13.8. The summed E-state index contributed by atoms with van der Waals surface area (Å²) in [6.07, 6.45) is 1.36. The smallest absolute Gasteiger partial charge is 0.335 e. The van der Waals surface area contributed by atoms with Crippen molar-refractivity contribution in [2.75, 3.05) is 23.9 Å². The van der Waals surface area contributed by atoms with Gasteiger partial charge >= 0.3 is 6.03 Å². The zero-order chi connectivity index (χ0) is 31.9. The second-order valence-electron chi connectivity index (χ2n) is 10.3. The molecule has 0 saturated carbocycles. The lowest BCUT2D eigenvalue weighted by atomic mass is 10.1. The summed E-state index contributed by atoms with van der Waals surface area (Å²) in [5, 5.41) is 5.05. The summed E-state index contributed by atoms with van der Waals surface area (Å²) in [7, 11) is 1.43. The average molecular weight is 606 g/mol. The Morgan fingerprint density at radius 3 is 2.36 bits per heavy atom. The number of carbonyl (C=O) groups is 4. The van der Waals surface area contributed by atoms with Crippen LogP contribution in [-0.2, 0) is 21.0 Å². The third-order valence-corrected chi connectivity index (χ3v) is 6.97. The number of rotatable bonds is 10. The van der Waals surface area contributed by atoms with E-state index < -0.39 is 17.8 Å². The number of methoxy groups -OCH3 is 1. The maximum Gasteiger partial charge on any atom is 0.335 e. The summed E-state index contributed by atoms with van der Waals surface area (Å²) < 4.78 is 16.9. The molecule has 2 N–H and O–H groups in total. The predicted octanol–water partition coefficient (Wildman–Crippen LogP) is 5.57. The molecule has 0 aromatic heterocycles. The van der Waals surface area contributed by atoms with Crippen LogP contribution in [0.5, 0.6) is 17.2 Å². The summed E-state index contributed by atoms with van der Waals surface area (Å²) in [6.45, 7) is 3.93. The van der Waals surface area contributed by atoms with Crippen molar-refractivity contribution in [3.8, 4) is 17.2 Å². The molecule has 4 aromatic carbocycles. The number of carbonyl (C=O) groups excluding carboxylic acids is 4. The van der Waals surface area contributed by atoms with Gasteiger partial charge in [0.25, 0.3) is 17.7 Å². The van der Waals surface area contributed by atoms with Crippen LogP contribution in [0.15, 0.2) is 96.6 Å². The van der Waals surface area contributed by atoms with Crippen LogP contribution < -0.4 is 29.7 Å². The Labute approximate surface area is 260 Å². The molecule has 1 aliphatic rings. The molecule has 0 aliphatic carbocycles. The third-order valence-electron chi connectivity index (χ3n) is 6.97. The number of nitrogens with zero attached hydrogens (tertiary/aromatic N) is 1. The van der Waals surface area contributed by atoms with Crippen LogP contribution in [0.3, 0.4) is 0 Å². The largest absolute Gasteiger partial charge is 0.493 e. The Morgan fingerprint density at radius 2 is 1.62 bits per heavy atom. The fraction of sp³-hybridized carbons (Fsp3) is 0.143. The first-order valence-electron chi connectivity index (χ1n) is 14.1. The molecule has 10 heteroatoms. The highest BCUT2D eigenvalue weighted by Gasteiger charge is 2.36. The summed E-state index contributed by atoms with van der Waals surface area (Å²) >= 11 is 0. The number of aryl methyl sites for hydroxylation is 2. The average Bonchev–Trinajstić information content (AvgIpc) is 3.04. The lowest BCUT2D eigenvalue weighted by Crippen LogP contribution is -2.54. The highest BCUT2D eigenvalue weighted by molar-refractivity contribution is 6.39. The number of urea groups is 1. The Hall–Kier alpha value is -5.90. The van der Waals surface area contributed by atoms with Gasteiger partial charge in [0.1, 0.15) is 17.9 Å². The quantitative estimate of drug-likeness (QED) is 0.179. The molecule has 1 aliphatic heterocycles. The summed E-state index contributed by atoms with van der Waals surface area (Å²) in [5.74, 6) is -0.831. The van der Waals surface area contributed by atoms with E-state index >= 15 is 0 Å². The van der Waals surface area contributed by atoms with Gasteiger partial charge in [-0.15, -0.1) is 0 Å². The summed E-state index contributed by atoms with van der Waals surface area (Å²) in [6, 6.07) is 25.7. The molecule has 1 heterocycles. The van der Waals surface area contributed by atoms with Gasteiger partial charge in [-0.25, -0.2) is 9.69 Å². The second-order valence-corrected chi connectivity index (χ2v) is 10.3. The van der Waals surface area contributed by atoms with E-state index in [0.29, 0.717) is 29.4 Å². The van der Waals surface area contributed by atoms with Gasteiger partial charge in [-0.3, -0.25) is 19.7 Å². The van der Waals surface area contributed by atoms with Crippen LogP contribution in [0.2, 0.25) is 0 Å². The van der Waals surface area contributed by atoms with Crippen molar-refractivity contribution < 1.29 is 33.4 Å². The molecular formula is C35H31N3O7. The molecule has 0 radical (unpaired) electrons. The number of hydrogen-bond donors (Lipinski definition) is 2. The lowest BCUT2D eigenvalue weighted by molar-refractivity contribution is -0.122. The SMILES string of the molecule is COc1cc(/C=C2/C(=O)NC(=O)N(c3ccc(OCc4ccccc4)cc3)C2=O)ccc1OCC(=O)Nc1cc(C)ccc1C. The monoisotopic (exact) mass is 605 g/mol. The van der Waals surface area contributed by atoms with E-state index in [4.69, 9.17) is 14.2 Å². The molecule has 0 unspecified atom stereocenters. The van der Waals surface area contributed by atoms with Crippen molar-refractivity contribution in [3.05, 3.63) is 119 Å². The number of benzene rings is 4. The molecule has 0 bridgehead atoms. The van der Waals surface area contributed by atoms with Gasteiger partial charge in [-0.05, 0) is 84.6 Å². The van der Waals surface area contributed by atoms with E-state index in [9.17, 15) is 19.2 Å². The molecule has 5 rings (SSSR count). The van der Waals surface area contributed by atoms with Gasteiger partial charge in [0.15, 0.2) is 18.1 Å². The van der Waals surface area contributed by atoms with E-state index in [1.165, 1.54) is 13.2 Å². The minimum absolute atomic E-state index is 0.248. The molecule has 45 heavy (non-hydrogen) atoms. The van der Waals surface area contributed by atoms with Crippen molar-refractivity contribution in [1.29, 1.82) is 0 Å². The number of anilines is 2. The second kappa shape index (κ2) is 13.6. The first kappa shape index (κ1) is 30.6. The van der Waals surface area contributed by atoms with Crippen LogP contribution in [0.1, 0.15) is 22.3 Å². The number of ether oxygens (including phenoxy) is 3. The summed E-state index contributed by atoms with van der Waals surface area (Å²) in [5.41, 5.74) is 4.10. The van der Waals surface area contributed by atoms with Gasteiger partial charge in [0.05, 0.1) is 12.8 Å². The lowest BCUT2D eigenvalue weighted by Gasteiger charge is -2.26. The molecular weight excluding hydrogens is 574 g/mol. The highest BCUT2D eigenvalue weighted by Crippen LogP contribution is 2.30. The van der Waals surface area contributed by atoms with Gasteiger partial charge in [-0.1, -0.05) is 48.5 Å². The molecule has 10 nitrogen and oxygen atoms in total. The molecule has 1 fully saturated rings. The van der Waals surface area contributed by atoms with Crippen LogP contribution in [0.4, 0.5) is 16.2 Å². The zero-order valence-corrected chi connectivity index (χ0v) is 25.0. The Bertz CT molecular complexity index is 1780. The minimum atomic E-state index is -0.861. The van der Waals surface area contributed by atoms with E-state index in [0.717, 1.165) is 21.6 Å². The highest BCUT2D eigenvalue weighted by atomic mass is 16.5. The van der Waals surface area contributed by atoms with Gasteiger partial charge < -0.3 is 19.5 Å². The number of barbiturate groups is 1. The van der Waals surface area contributed by atoms with Crippen LogP contribution in [-0.4, -0.2) is 37.5 Å². The van der Waals surface area contributed by atoms with Crippen molar-refractivity contribution in [2.45, 2.75) is 20.5 Å². The Balaban J connectivity index is 1.27. The Morgan fingerprint density at radius 1 is 0.867 bits per heavy atom. The first-order chi connectivity index (χ1) is 21.7. The van der Waals surface area contributed by atoms with Gasteiger partial charge in [-0.2, -0.15) is 0 Å². The molecule has 4 aromatic rings. The molecule has 5 amide bonds. The number of imide groups is 2. The van der Waals surface area contributed by atoms with Crippen LogP contribution >= 0.6 is 0 Å². The van der Waals surface area contributed by atoms with Crippen LogP contribution in [0, 0.1) is 13.8 Å². The summed E-state index contributed by atoms with van der Waals surface area (Å²) in [4.78, 5) is 52.2. The number of amides is 5. The van der Waals surface area contributed by atoms with Crippen molar-refractivity contribution in [3.63, 3.8) is 0 Å². The van der Waals surface area contributed by atoms with E-state index in [-0.39, 0.29) is 29.5 Å². The maximum absolute atomic E-state index is 13.4. The van der Waals surface area contributed by atoms with Crippen LogP contribution in [0.25, 0.3) is 6.08 Å².